The van der Waals surface area contributed by atoms with E-state index in [0.717, 1.165) is 45.1 Å². The summed E-state index contributed by atoms with van der Waals surface area (Å²) in [4.78, 5) is 9.17. The van der Waals surface area contributed by atoms with Gasteiger partial charge in [0.25, 0.3) is 0 Å². The molecule has 0 atom stereocenters. The zero-order valence-corrected chi connectivity index (χ0v) is 17.5. The number of nitrogens with one attached hydrogen (secondary N) is 1. The van der Waals surface area contributed by atoms with Crippen LogP contribution < -0.4 is 10.1 Å². The number of ether oxygens (including phenoxy) is 1. The Kier molecular flexibility index (Phi) is 5.02. The van der Waals surface area contributed by atoms with Crippen molar-refractivity contribution >= 4 is 34.1 Å². The molecule has 0 aliphatic rings. The number of nitrogens with zero attached hydrogens (tertiary/aromatic N) is 3. The number of para-hydroxylation sites is 1. The van der Waals surface area contributed by atoms with Crippen molar-refractivity contribution in [1.29, 1.82) is 0 Å². The first-order chi connectivity index (χ1) is 15.2. The number of aromatic nitrogens is 3. The highest BCUT2D eigenvalue weighted by atomic mass is 35.5. The third-order valence-electron chi connectivity index (χ3n) is 5.13. The molecule has 0 aliphatic carbocycles. The summed E-state index contributed by atoms with van der Waals surface area (Å²) in [6, 6.07) is 25.7. The van der Waals surface area contributed by atoms with Crippen molar-refractivity contribution in [2.45, 2.75) is 0 Å². The van der Waals surface area contributed by atoms with Crippen molar-refractivity contribution in [2.75, 3.05) is 12.4 Å². The summed E-state index contributed by atoms with van der Waals surface area (Å²) in [5, 5.41) is 5.01. The number of anilines is 2. The van der Waals surface area contributed by atoms with Crippen molar-refractivity contribution in [3.63, 3.8) is 0 Å². The van der Waals surface area contributed by atoms with Gasteiger partial charge in [-0.15, -0.1) is 0 Å². The average Bonchev–Trinajstić information content (AvgIpc) is 3.21. The van der Waals surface area contributed by atoms with Crippen LogP contribution in [-0.2, 0) is 0 Å². The molecule has 152 valence electrons. The Labute approximate surface area is 184 Å². The lowest BCUT2D eigenvalue weighted by molar-refractivity contribution is 0.415. The predicted octanol–water partition coefficient (Wildman–Crippen LogP) is 6.49. The van der Waals surface area contributed by atoms with Gasteiger partial charge in [-0.25, -0.2) is 9.97 Å². The normalized spacial score (nSPS) is 10.9. The summed E-state index contributed by atoms with van der Waals surface area (Å²) in [6.45, 7) is 0. The average molecular weight is 427 g/mol. The number of benzene rings is 3. The fourth-order valence-corrected chi connectivity index (χ4v) is 3.86. The fraction of sp³-hybridized carbons (Fsp3) is 0.0400. The van der Waals surface area contributed by atoms with E-state index < -0.39 is 0 Å². The first-order valence-corrected chi connectivity index (χ1v) is 10.2. The van der Waals surface area contributed by atoms with E-state index in [4.69, 9.17) is 16.3 Å². The molecule has 2 aromatic heterocycles. The Morgan fingerprint density at radius 1 is 0.871 bits per heavy atom. The number of hydrogen-bond donors (Lipinski definition) is 1. The second-order valence-corrected chi connectivity index (χ2v) is 7.41. The predicted molar refractivity (Wildman–Crippen MR) is 126 cm³/mol. The third kappa shape index (κ3) is 3.60. The maximum Gasteiger partial charge on any atom is 0.150 e. The van der Waals surface area contributed by atoms with E-state index in [0.29, 0.717) is 5.02 Å². The van der Waals surface area contributed by atoms with E-state index in [1.54, 1.807) is 13.4 Å². The summed E-state index contributed by atoms with van der Waals surface area (Å²) in [7, 11) is 1.65. The molecule has 0 amide bonds. The van der Waals surface area contributed by atoms with Crippen molar-refractivity contribution in [2.24, 2.45) is 0 Å². The Hall–Kier alpha value is -3.83. The summed E-state index contributed by atoms with van der Waals surface area (Å²) in [5.74, 6) is 1.52. The van der Waals surface area contributed by atoms with Crippen LogP contribution in [-0.4, -0.2) is 21.6 Å². The molecule has 1 N–H and O–H groups in total. The zero-order chi connectivity index (χ0) is 21.2. The van der Waals surface area contributed by atoms with Gasteiger partial charge in [0.2, 0.25) is 0 Å². The molecule has 0 fully saturated rings. The van der Waals surface area contributed by atoms with Crippen LogP contribution in [0.3, 0.4) is 0 Å². The molecule has 0 unspecified atom stereocenters. The summed E-state index contributed by atoms with van der Waals surface area (Å²) in [6.07, 6.45) is 3.63. The molecule has 0 spiro atoms. The lowest BCUT2D eigenvalue weighted by atomic mass is 10.1. The van der Waals surface area contributed by atoms with Crippen LogP contribution in [0.15, 0.2) is 91.4 Å². The van der Waals surface area contributed by atoms with Gasteiger partial charge in [-0.05, 0) is 42.0 Å². The second kappa shape index (κ2) is 8.13. The van der Waals surface area contributed by atoms with Crippen LogP contribution in [0.25, 0.3) is 27.8 Å². The topological polar surface area (TPSA) is 52.0 Å². The van der Waals surface area contributed by atoms with E-state index in [2.05, 4.69) is 33.6 Å². The molecular formula is C25H19ClN4O. The minimum absolute atomic E-state index is 0.655. The summed E-state index contributed by atoms with van der Waals surface area (Å²) >= 11 is 6.52. The fourth-order valence-electron chi connectivity index (χ4n) is 3.63. The minimum atomic E-state index is 0.655. The Balaban J connectivity index is 1.72. The highest BCUT2D eigenvalue weighted by Gasteiger charge is 2.18. The quantitative estimate of drug-likeness (QED) is 0.349. The van der Waals surface area contributed by atoms with Gasteiger partial charge in [-0.3, -0.25) is 4.57 Å². The van der Waals surface area contributed by atoms with Crippen LogP contribution in [0.2, 0.25) is 5.02 Å². The van der Waals surface area contributed by atoms with Crippen molar-refractivity contribution < 1.29 is 4.74 Å². The molecule has 5 aromatic rings. The Morgan fingerprint density at radius 2 is 1.61 bits per heavy atom. The molecule has 5 nitrogen and oxygen atoms in total. The van der Waals surface area contributed by atoms with Gasteiger partial charge in [0.15, 0.2) is 5.65 Å². The maximum atomic E-state index is 6.52. The summed E-state index contributed by atoms with van der Waals surface area (Å²) in [5.41, 5.74) is 4.65. The van der Waals surface area contributed by atoms with E-state index >= 15 is 0 Å². The van der Waals surface area contributed by atoms with Gasteiger partial charge >= 0.3 is 0 Å². The molecule has 0 bridgehead atoms. The number of rotatable bonds is 5. The van der Waals surface area contributed by atoms with Crippen molar-refractivity contribution in [3.8, 4) is 22.6 Å². The number of fused-ring (bicyclic) bond motifs is 1. The van der Waals surface area contributed by atoms with Crippen LogP contribution in [0, 0.1) is 0 Å². The van der Waals surface area contributed by atoms with Crippen molar-refractivity contribution in [3.05, 3.63) is 96.4 Å². The zero-order valence-electron chi connectivity index (χ0n) is 16.8. The van der Waals surface area contributed by atoms with Gasteiger partial charge in [0.05, 0.1) is 23.2 Å². The highest BCUT2D eigenvalue weighted by molar-refractivity contribution is 6.32. The largest absolute Gasteiger partial charge is 0.497 e. The molecule has 2 heterocycles. The van der Waals surface area contributed by atoms with Gasteiger partial charge in [-0.2, -0.15) is 0 Å². The lowest BCUT2D eigenvalue weighted by Crippen LogP contribution is -1.98. The van der Waals surface area contributed by atoms with E-state index in [-0.39, 0.29) is 0 Å². The molecular weight excluding hydrogens is 408 g/mol. The lowest BCUT2D eigenvalue weighted by Gasteiger charge is -2.10. The maximum absolute atomic E-state index is 6.52. The highest BCUT2D eigenvalue weighted by Crippen LogP contribution is 2.37. The molecule has 6 heteroatoms. The Morgan fingerprint density at radius 3 is 2.35 bits per heavy atom. The second-order valence-electron chi connectivity index (χ2n) is 7.00. The van der Waals surface area contributed by atoms with Gasteiger partial charge < -0.3 is 10.1 Å². The minimum Gasteiger partial charge on any atom is -0.497 e. The molecule has 0 saturated heterocycles. The van der Waals surface area contributed by atoms with E-state index in [1.807, 2.05) is 71.3 Å². The molecule has 31 heavy (non-hydrogen) atoms. The third-order valence-corrected chi connectivity index (χ3v) is 5.45. The molecule has 3 aromatic carbocycles. The SMILES string of the molecule is COc1ccc(Nc2ncnc3c2c(-c2ccccc2)cn3-c2ccccc2Cl)cc1. The number of hydrogen-bond acceptors (Lipinski definition) is 4. The van der Waals surface area contributed by atoms with Gasteiger partial charge in [0, 0.05) is 17.4 Å². The first kappa shape index (κ1) is 19.2. The molecule has 0 saturated carbocycles. The summed E-state index contributed by atoms with van der Waals surface area (Å²) < 4.78 is 7.28. The number of methoxy groups -OCH3 is 1. The number of halogens is 1. The van der Waals surface area contributed by atoms with Crippen LogP contribution >= 0.6 is 11.6 Å². The molecule has 0 radical (unpaired) electrons. The van der Waals surface area contributed by atoms with Crippen LogP contribution in [0.5, 0.6) is 5.75 Å². The van der Waals surface area contributed by atoms with E-state index in [9.17, 15) is 0 Å². The van der Waals surface area contributed by atoms with E-state index in [1.165, 1.54) is 0 Å². The monoisotopic (exact) mass is 426 g/mol. The standard InChI is InChI=1S/C25H19ClN4O/c1-31-19-13-11-18(12-14-19)29-24-23-20(17-7-3-2-4-8-17)15-30(25(23)28-16-27-24)22-10-6-5-9-21(22)26/h2-16H,1H3,(H,27,28,29). The smallest absolute Gasteiger partial charge is 0.150 e. The first-order valence-electron chi connectivity index (χ1n) is 9.82. The van der Waals surface area contributed by atoms with Gasteiger partial charge in [0.1, 0.15) is 17.9 Å². The van der Waals surface area contributed by atoms with Crippen LogP contribution in [0.1, 0.15) is 0 Å². The molecule has 5 rings (SSSR count). The Bertz CT molecular complexity index is 1350. The van der Waals surface area contributed by atoms with Crippen LogP contribution in [0.4, 0.5) is 11.5 Å². The van der Waals surface area contributed by atoms with Crippen molar-refractivity contribution in [1.82, 2.24) is 14.5 Å². The van der Waals surface area contributed by atoms with Gasteiger partial charge in [-0.1, -0.05) is 54.1 Å². The molecule has 0 aliphatic heterocycles.